The molecule has 36 heavy (non-hydrogen) atoms. The molecule has 2 atom stereocenters. The van der Waals surface area contributed by atoms with Crippen LogP contribution in [0.2, 0.25) is 0 Å². The highest BCUT2D eigenvalue weighted by atomic mass is 32.1. The number of nitrogens with one attached hydrogen (secondary N) is 1. The predicted molar refractivity (Wildman–Crippen MR) is 143 cm³/mol. The summed E-state index contributed by atoms with van der Waals surface area (Å²) in [6.07, 6.45) is 1.72. The van der Waals surface area contributed by atoms with Crippen LogP contribution in [0.5, 0.6) is 0 Å². The summed E-state index contributed by atoms with van der Waals surface area (Å²) in [5, 5.41) is 18.5. The molecule has 194 valence electrons. The van der Waals surface area contributed by atoms with Gasteiger partial charge in [-0.3, -0.25) is 5.41 Å². The second kappa shape index (κ2) is 12.0. The van der Waals surface area contributed by atoms with Crippen molar-refractivity contribution in [3.8, 4) is 11.3 Å². The number of halogens is 2. The lowest BCUT2D eigenvalue weighted by atomic mass is 9.84. The average Bonchev–Trinajstić information content (AvgIpc) is 3.24. The van der Waals surface area contributed by atoms with Crippen LogP contribution in [0.1, 0.15) is 38.2 Å². The third kappa shape index (κ3) is 6.52. The first kappa shape index (κ1) is 27.8. The SMILES string of the molecule is CC(C)(C)[C@H](c1nc(-c2cc(F)ccc2F)cn1Cc1ccccc1)N(CC(CN)CS)C(=N)CO. The Hall–Kier alpha value is -2.75. The first-order valence-corrected chi connectivity index (χ1v) is 12.5. The fraction of sp³-hybridized carbons (Fsp3) is 0.407. The van der Waals surface area contributed by atoms with Crippen molar-refractivity contribution in [1.29, 1.82) is 5.41 Å². The fourth-order valence-corrected chi connectivity index (χ4v) is 4.58. The molecule has 0 bridgehead atoms. The molecule has 3 aromatic rings. The number of nitrogens with two attached hydrogens (primary N) is 1. The van der Waals surface area contributed by atoms with Gasteiger partial charge in [0.15, 0.2) is 0 Å². The van der Waals surface area contributed by atoms with E-state index in [0.717, 1.165) is 23.8 Å². The maximum atomic E-state index is 14.7. The number of hydrogen-bond donors (Lipinski definition) is 4. The summed E-state index contributed by atoms with van der Waals surface area (Å²) < 4.78 is 30.7. The fourth-order valence-electron chi connectivity index (χ4n) is 4.32. The van der Waals surface area contributed by atoms with Crippen LogP contribution in [0.25, 0.3) is 11.3 Å². The standard InChI is InChI=1S/C27H35F2N5OS/c1-27(2,3)25(34(24(31)16-35)14-19(12-30)17-36)26-32-23(21-11-20(28)9-10-22(21)29)15-33(26)13-18-7-5-4-6-8-18/h4-11,15,19,25,31,35-36H,12-14,16-17,30H2,1-3H3/t19?,25-/m0/s1. The maximum absolute atomic E-state index is 14.7. The molecule has 0 aliphatic carbocycles. The van der Waals surface area contributed by atoms with E-state index in [4.69, 9.17) is 16.1 Å². The van der Waals surface area contributed by atoms with Gasteiger partial charge < -0.3 is 20.3 Å². The number of aromatic nitrogens is 2. The Balaban J connectivity index is 2.22. The van der Waals surface area contributed by atoms with Crippen LogP contribution in [0.4, 0.5) is 8.78 Å². The largest absolute Gasteiger partial charge is 0.388 e. The van der Waals surface area contributed by atoms with E-state index in [9.17, 15) is 13.9 Å². The molecule has 1 aromatic heterocycles. The Morgan fingerprint density at radius 3 is 2.47 bits per heavy atom. The molecule has 0 saturated heterocycles. The number of imidazole rings is 1. The summed E-state index contributed by atoms with van der Waals surface area (Å²) in [6.45, 7) is 6.82. The zero-order valence-electron chi connectivity index (χ0n) is 21.0. The maximum Gasteiger partial charge on any atom is 0.133 e. The van der Waals surface area contributed by atoms with Crippen LogP contribution in [0, 0.1) is 28.4 Å². The quantitative estimate of drug-likeness (QED) is 0.178. The zero-order valence-corrected chi connectivity index (χ0v) is 21.9. The van der Waals surface area contributed by atoms with Gasteiger partial charge in [0, 0.05) is 24.8 Å². The second-order valence-corrected chi connectivity index (χ2v) is 10.4. The van der Waals surface area contributed by atoms with Crippen molar-refractivity contribution in [2.24, 2.45) is 17.1 Å². The molecule has 6 nitrogen and oxygen atoms in total. The first-order chi connectivity index (χ1) is 17.1. The number of aliphatic hydroxyl groups is 1. The minimum atomic E-state index is -0.571. The highest BCUT2D eigenvalue weighted by Crippen LogP contribution is 2.40. The molecule has 1 unspecified atom stereocenters. The van der Waals surface area contributed by atoms with Crippen molar-refractivity contribution < 1.29 is 13.9 Å². The summed E-state index contributed by atoms with van der Waals surface area (Å²) >= 11 is 4.42. The Morgan fingerprint density at radius 2 is 1.89 bits per heavy atom. The van der Waals surface area contributed by atoms with Crippen molar-refractivity contribution in [3.05, 3.63) is 77.8 Å². The van der Waals surface area contributed by atoms with E-state index in [1.165, 1.54) is 0 Å². The van der Waals surface area contributed by atoms with Gasteiger partial charge in [-0.25, -0.2) is 13.8 Å². The second-order valence-electron chi connectivity index (χ2n) is 10.0. The highest BCUT2D eigenvalue weighted by Gasteiger charge is 2.38. The van der Waals surface area contributed by atoms with E-state index in [-0.39, 0.29) is 17.3 Å². The Bertz CT molecular complexity index is 1160. The van der Waals surface area contributed by atoms with Gasteiger partial charge in [-0.15, -0.1) is 0 Å². The smallest absolute Gasteiger partial charge is 0.133 e. The van der Waals surface area contributed by atoms with E-state index in [1.54, 1.807) is 6.20 Å². The van der Waals surface area contributed by atoms with E-state index in [2.05, 4.69) is 12.6 Å². The summed E-state index contributed by atoms with van der Waals surface area (Å²) in [7, 11) is 0. The van der Waals surface area contributed by atoms with Crippen molar-refractivity contribution in [1.82, 2.24) is 14.5 Å². The van der Waals surface area contributed by atoms with Crippen LogP contribution in [0.15, 0.2) is 54.7 Å². The number of amidine groups is 1. The Kier molecular flexibility index (Phi) is 9.27. The molecule has 0 fully saturated rings. The minimum Gasteiger partial charge on any atom is -0.388 e. The number of rotatable bonds is 10. The Morgan fingerprint density at radius 1 is 1.19 bits per heavy atom. The molecule has 0 amide bonds. The molecule has 9 heteroatoms. The number of hydrogen-bond acceptors (Lipinski definition) is 5. The first-order valence-electron chi connectivity index (χ1n) is 11.9. The third-order valence-corrected chi connectivity index (χ3v) is 6.64. The van der Waals surface area contributed by atoms with Gasteiger partial charge in [0.25, 0.3) is 0 Å². The molecule has 1 heterocycles. The number of thiol groups is 1. The topological polar surface area (TPSA) is 91.2 Å². The van der Waals surface area contributed by atoms with Crippen molar-refractivity contribution in [2.45, 2.75) is 33.4 Å². The average molecular weight is 516 g/mol. The zero-order chi connectivity index (χ0) is 26.5. The molecule has 2 aromatic carbocycles. The van der Waals surface area contributed by atoms with Gasteiger partial charge in [-0.2, -0.15) is 12.6 Å². The van der Waals surface area contributed by atoms with Crippen LogP contribution in [-0.2, 0) is 6.54 Å². The number of nitrogens with zero attached hydrogens (tertiary/aromatic N) is 3. The highest BCUT2D eigenvalue weighted by molar-refractivity contribution is 7.80. The summed E-state index contributed by atoms with van der Waals surface area (Å²) in [6, 6.07) is 12.6. The normalized spacial score (nSPS) is 13.4. The van der Waals surface area contributed by atoms with Gasteiger partial charge in [0.05, 0.1) is 11.7 Å². The van der Waals surface area contributed by atoms with E-state index in [0.29, 0.717) is 36.9 Å². The molecule has 0 radical (unpaired) electrons. The van der Waals surface area contributed by atoms with Crippen molar-refractivity contribution in [2.75, 3.05) is 25.4 Å². The van der Waals surface area contributed by atoms with Gasteiger partial charge in [-0.1, -0.05) is 51.1 Å². The van der Waals surface area contributed by atoms with Gasteiger partial charge >= 0.3 is 0 Å². The van der Waals surface area contributed by atoms with Crippen LogP contribution >= 0.6 is 12.6 Å². The Labute approximate surface area is 217 Å². The van der Waals surface area contributed by atoms with Crippen LogP contribution in [0.3, 0.4) is 0 Å². The number of benzene rings is 2. The minimum absolute atomic E-state index is 0.0252. The molecular weight excluding hydrogens is 480 g/mol. The summed E-state index contributed by atoms with van der Waals surface area (Å²) in [5.74, 6) is -0.0244. The predicted octanol–water partition coefficient (Wildman–Crippen LogP) is 4.74. The number of aliphatic hydroxyl groups excluding tert-OH is 1. The molecule has 0 spiro atoms. The van der Waals surface area contributed by atoms with E-state index in [1.807, 2.05) is 60.6 Å². The molecular formula is C27H35F2N5OS. The summed E-state index contributed by atoms with van der Waals surface area (Å²) in [4.78, 5) is 6.64. The monoisotopic (exact) mass is 515 g/mol. The van der Waals surface area contributed by atoms with E-state index >= 15 is 0 Å². The van der Waals surface area contributed by atoms with Crippen LogP contribution < -0.4 is 5.73 Å². The summed E-state index contributed by atoms with van der Waals surface area (Å²) in [5.41, 5.74) is 6.88. The lowest BCUT2D eigenvalue weighted by molar-refractivity contribution is 0.134. The molecule has 0 saturated carbocycles. The molecule has 4 N–H and O–H groups in total. The third-order valence-electron chi connectivity index (χ3n) is 6.13. The van der Waals surface area contributed by atoms with Gasteiger partial charge in [0.1, 0.15) is 29.9 Å². The lowest BCUT2D eigenvalue weighted by Crippen LogP contribution is -2.47. The lowest BCUT2D eigenvalue weighted by Gasteiger charge is -2.42. The molecule has 0 aliphatic rings. The molecule has 0 aliphatic heterocycles. The van der Waals surface area contributed by atoms with E-state index < -0.39 is 29.7 Å². The van der Waals surface area contributed by atoms with Crippen LogP contribution in [-0.4, -0.2) is 50.8 Å². The van der Waals surface area contributed by atoms with Gasteiger partial charge in [-0.05, 0) is 47.4 Å². The molecule has 3 rings (SSSR count). The van der Waals surface area contributed by atoms with Crippen molar-refractivity contribution >= 4 is 18.5 Å². The van der Waals surface area contributed by atoms with Gasteiger partial charge in [0.2, 0.25) is 0 Å². The van der Waals surface area contributed by atoms with Crippen molar-refractivity contribution in [3.63, 3.8) is 0 Å².